The van der Waals surface area contributed by atoms with Gasteiger partial charge in [0, 0.05) is 17.3 Å². The summed E-state index contributed by atoms with van der Waals surface area (Å²) in [5, 5.41) is 6.39. The molecule has 154 valence electrons. The van der Waals surface area contributed by atoms with Crippen molar-refractivity contribution >= 4 is 29.1 Å². The minimum Gasteiger partial charge on any atom is -0.324 e. The molecule has 0 saturated carbocycles. The highest BCUT2D eigenvalue weighted by Gasteiger charge is 2.71. The topological polar surface area (TPSA) is 78.5 Å². The molecule has 3 heterocycles. The fourth-order valence-electron chi connectivity index (χ4n) is 5.64. The number of carbonyl (C=O) groups is 3. The standard InChI is InChI=1S/C24H25N3O3/c1-12(2)19-17-18(24(26-19)15-10-5-6-11-16(15)25-23(24)30)22(29)27(21(17)28)20-13(3)8-7-9-14(20)4/h5-12,17-19,26H,1-4H3,(H,25,30)/t17-,18-,19-,24-/m0/s1. The minimum atomic E-state index is -1.23. The summed E-state index contributed by atoms with van der Waals surface area (Å²) < 4.78 is 0. The van der Waals surface area contributed by atoms with Crippen LogP contribution in [0.2, 0.25) is 0 Å². The van der Waals surface area contributed by atoms with E-state index < -0.39 is 17.4 Å². The third-order valence-corrected chi connectivity index (χ3v) is 6.94. The second kappa shape index (κ2) is 6.25. The molecule has 5 rings (SSSR count). The Hall–Kier alpha value is -2.99. The molecule has 2 N–H and O–H groups in total. The first-order valence-corrected chi connectivity index (χ1v) is 10.4. The largest absolute Gasteiger partial charge is 0.324 e. The lowest BCUT2D eigenvalue weighted by molar-refractivity contribution is -0.130. The van der Waals surface area contributed by atoms with Gasteiger partial charge in [0.05, 0.1) is 17.5 Å². The Labute approximate surface area is 175 Å². The average Bonchev–Trinajstić information content (AvgIpc) is 3.29. The number of imide groups is 1. The molecule has 4 atom stereocenters. The number of amides is 3. The highest BCUT2D eigenvalue weighted by Crippen LogP contribution is 2.54. The Bertz CT molecular complexity index is 1090. The molecule has 0 radical (unpaired) electrons. The Morgan fingerprint density at radius 1 is 0.933 bits per heavy atom. The van der Waals surface area contributed by atoms with E-state index in [1.54, 1.807) is 0 Å². The van der Waals surface area contributed by atoms with E-state index in [1.807, 2.05) is 70.2 Å². The molecule has 3 aliphatic rings. The second-order valence-corrected chi connectivity index (χ2v) is 8.98. The van der Waals surface area contributed by atoms with Crippen LogP contribution in [0, 0.1) is 31.6 Å². The summed E-state index contributed by atoms with van der Waals surface area (Å²) in [6, 6.07) is 12.9. The maximum Gasteiger partial charge on any atom is 0.250 e. The normalized spacial score (nSPS) is 29.7. The maximum absolute atomic E-state index is 13.9. The number of anilines is 2. The van der Waals surface area contributed by atoms with Gasteiger partial charge in [0.25, 0.3) is 0 Å². The van der Waals surface area contributed by atoms with Crippen molar-refractivity contribution in [3.05, 3.63) is 59.2 Å². The third-order valence-electron chi connectivity index (χ3n) is 6.94. The predicted octanol–water partition coefficient (Wildman–Crippen LogP) is 2.88. The van der Waals surface area contributed by atoms with Crippen LogP contribution in [-0.4, -0.2) is 23.8 Å². The molecule has 0 aliphatic carbocycles. The van der Waals surface area contributed by atoms with E-state index in [0.29, 0.717) is 11.4 Å². The van der Waals surface area contributed by atoms with E-state index in [2.05, 4.69) is 10.6 Å². The van der Waals surface area contributed by atoms with Crippen molar-refractivity contribution in [3.63, 3.8) is 0 Å². The lowest BCUT2D eigenvalue weighted by Gasteiger charge is -2.31. The van der Waals surface area contributed by atoms with Crippen LogP contribution in [0.4, 0.5) is 11.4 Å². The Balaban J connectivity index is 1.72. The predicted molar refractivity (Wildman–Crippen MR) is 114 cm³/mol. The van der Waals surface area contributed by atoms with Crippen LogP contribution in [0.3, 0.4) is 0 Å². The Kier molecular flexibility index (Phi) is 3.96. The first-order chi connectivity index (χ1) is 14.3. The summed E-state index contributed by atoms with van der Waals surface area (Å²) in [6.45, 7) is 7.85. The molecule has 30 heavy (non-hydrogen) atoms. The lowest BCUT2D eigenvalue weighted by Crippen LogP contribution is -2.54. The SMILES string of the molecule is Cc1cccc(C)c1N1C(=O)[C@H]2[C@@H](C1=O)[C@]1(N[C@H]2C(C)C)C(=O)Nc2ccccc21. The van der Waals surface area contributed by atoms with Crippen molar-refractivity contribution in [2.24, 2.45) is 17.8 Å². The zero-order chi connectivity index (χ0) is 21.4. The molecule has 2 aromatic rings. The van der Waals surface area contributed by atoms with Crippen LogP contribution in [0.5, 0.6) is 0 Å². The van der Waals surface area contributed by atoms with Gasteiger partial charge < -0.3 is 5.32 Å². The molecule has 3 amide bonds. The number of fused-ring (bicyclic) bond motifs is 4. The molecule has 6 nitrogen and oxygen atoms in total. The van der Waals surface area contributed by atoms with E-state index >= 15 is 0 Å². The molecule has 2 saturated heterocycles. The molecule has 6 heteroatoms. The summed E-state index contributed by atoms with van der Waals surface area (Å²) in [6.07, 6.45) is 0. The van der Waals surface area contributed by atoms with Crippen molar-refractivity contribution in [1.29, 1.82) is 0 Å². The molecular formula is C24H25N3O3. The highest BCUT2D eigenvalue weighted by atomic mass is 16.2. The van der Waals surface area contributed by atoms with Crippen LogP contribution in [0.25, 0.3) is 0 Å². The lowest BCUT2D eigenvalue weighted by atomic mass is 9.76. The van der Waals surface area contributed by atoms with Crippen LogP contribution >= 0.6 is 0 Å². The molecule has 1 spiro atoms. The summed E-state index contributed by atoms with van der Waals surface area (Å²) in [5.41, 5.74) is 2.61. The minimum absolute atomic E-state index is 0.0760. The first kappa shape index (κ1) is 19.0. The molecule has 2 fully saturated rings. The van der Waals surface area contributed by atoms with Gasteiger partial charge in [-0.05, 0) is 37.0 Å². The fraction of sp³-hybridized carbons (Fsp3) is 0.375. The van der Waals surface area contributed by atoms with E-state index in [0.717, 1.165) is 16.7 Å². The van der Waals surface area contributed by atoms with Gasteiger partial charge in [-0.2, -0.15) is 0 Å². The number of carbonyl (C=O) groups excluding carboxylic acids is 3. The monoisotopic (exact) mass is 403 g/mol. The van der Waals surface area contributed by atoms with E-state index in [-0.39, 0.29) is 29.7 Å². The Morgan fingerprint density at radius 2 is 1.60 bits per heavy atom. The maximum atomic E-state index is 13.9. The number of rotatable bonds is 2. The van der Waals surface area contributed by atoms with Crippen LogP contribution in [0.1, 0.15) is 30.5 Å². The third kappa shape index (κ3) is 2.20. The van der Waals surface area contributed by atoms with Gasteiger partial charge in [-0.15, -0.1) is 0 Å². The van der Waals surface area contributed by atoms with Gasteiger partial charge >= 0.3 is 0 Å². The Morgan fingerprint density at radius 3 is 2.27 bits per heavy atom. The zero-order valence-corrected chi connectivity index (χ0v) is 17.5. The molecule has 0 bridgehead atoms. The number of para-hydroxylation sites is 2. The molecule has 0 aromatic heterocycles. The molecular weight excluding hydrogens is 378 g/mol. The average molecular weight is 403 g/mol. The summed E-state index contributed by atoms with van der Waals surface area (Å²) >= 11 is 0. The number of hydrogen-bond donors (Lipinski definition) is 2. The van der Waals surface area contributed by atoms with Crippen molar-refractivity contribution in [2.75, 3.05) is 10.2 Å². The summed E-state index contributed by atoms with van der Waals surface area (Å²) in [4.78, 5) is 42.3. The molecule has 2 aromatic carbocycles. The van der Waals surface area contributed by atoms with Crippen molar-refractivity contribution in [3.8, 4) is 0 Å². The quantitative estimate of drug-likeness (QED) is 0.756. The zero-order valence-electron chi connectivity index (χ0n) is 17.5. The van der Waals surface area contributed by atoms with Crippen LogP contribution < -0.4 is 15.5 Å². The van der Waals surface area contributed by atoms with Gasteiger partial charge in [0.2, 0.25) is 17.7 Å². The summed E-state index contributed by atoms with van der Waals surface area (Å²) in [5.74, 6) is -2.07. The number of nitrogens with one attached hydrogen (secondary N) is 2. The van der Waals surface area contributed by atoms with Gasteiger partial charge in [0.15, 0.2) is 0 Å². The van der Waals surface area contributed by atoms with Crippen LogP contribution in [0.15, 0.2) is 42.5 Å². The van der Waals surface area contributed by atoms with Gasteiger partial charge in [-0.1, -0.05) is 50.2 Å². The molecule has 3 aliphatic heterocycles. The van der Waals surface area contributed by atoms with E-state index in [1.165, 1.54) is 4.90 Å². The highest BCUT2D eigenvalue weighted by molar-refractivity contribution is 6.26. The van der Waals surface area contributed by atoms with Crippen molar-refractivity contribution < 1.29 is 14.4 Å². The number of nitrogens with zero attached hydrogens (tertiary/aromatic N) is 1. The number of aryl methyl sites for hydroxylation is 2. The smallest absolute Gasteiger partial charge is 0.250 e. The van der Waals surface area contributed by atoms with Gasteiger partial charge in [-0.25, -0.2) is 4.90 Å². The summed E-state index contributed by atoms with van der Waals surface area (Å²) in [7, 11) is 0. The number of hydrogen-bond acceptors (Lipinski definition) is 4. The van der Waals surface area contributed by atoms with E-state index in [4.69, 9.17) is 0 Å². The first-order valence-electron chi connectivity index (χ1n) is 10.4. The van der Waals surface area contributed by atoms with Crippen molar-refractivity contribution in [1.82, 2.24) is 5.32 Å². The van der Waals surface area contributed by atoms with Gasteiger partial charge in [-0.3, -0.25) is 19.7 Å². The second-order valence-electron chi connectivity index (χ2n) is 8.98. The van der Waals surface area contributed by atoms with Crippen molar-refractivity contribution in [2.45, 2.75) is 39.3 Å². The van der Waals surface area contributed by atoms with Crippen LogP contribution in [-0.2, 0) is 19.9 Å². The number of benzene rings is 2. The molecule has 0 unspecified atom stereocenters. The van der Waals surface area contributed by atoms with Gasteiger partial charge in [0.1, 0.15) is 5.54 Å². The van der Waals surface area contributed by atoms with E-state index in [9.17, 15) is 14.4 Å². The fourth-order valence-corrected chi connectivity index (χ4v) is 5.64.